The molecular formula is C19H22O3. The van der Waals surface area contributed by atoms with E-state index in [-0.39, 0.29) is 11.9 Å². The monoisotopic (exact) mass is 298 g/mol. The number of methoxy groups -OCH3 is 1. The first-order valence-electron chi connectivity index (χ1n) is 7.38. The zero-order valence-corrected chi connectivity index (χ0v) is 13.6. The van der Waals surface area contributed by atoms with Crippen molar-refractivity contribution in [1.82, 2.24) is 0 Å². The zero-order valence-electron chi connectivity index (χ0n) is 13.6. The van der Waals surface area contributed by atoms with Crippen LogP contribution in [0.2, 0.25) is 0 Å². The number of esters is 1. The molecule has 0 spiro atoms. The zero-order chi connectivity index (χ0) is 16.1. The maximum Gasteiger partial charge on any atom is 0.312 e. The van der Waals surface area contributed by atoms with Gasteiger partial charge in [0.1, 0.15) is 12.4 Å². The van der Waals surface area contributed by atoms with Gasteiger partial charge in [-0.2, -0.15) is 0 Å². The number of rotatable bonds is 5. The van der Waals surface area contributed by atoms with Crippen molar-refractivity contribution < 1.29 is 14.3 Å². The first-order chi connectivity index (χ1) is 10.5. The van der Waals surface area contributed by atoms with E-state index >= 15 is 0 Å². The van der Waals surface area contributed by atoms with Crippen molar-refractivity contribution >= 4 is 5.97 Å². The highest BCUT2D eigenvalue weighted by Crippen LogP contribution is 2.29. The van der Waals surface area contributed by atoms with E-state index in [0.717, 1.165) is 28.0 Å². The third kappa shape index (κ3) is 3.67. The van der Waals surface area contributed by atoms with Gasteiger partial charge in [-0.15, -0.1) is 0 Å². The summed E-state index contributed by atoms with van der Waals surface area (Å²) in [5.74, 6) is 0.331. The summed E-state index contributed by atoms with van der Waals surface area (Å²) < 4.78 is 10.7. The average molecular weight is 298 g/mol. The van der Waals surface area contributed by atoms with E-state index in [4.69, 9.17) is 9.47 Å². The van der Waals surface area contributed by atoms with Crippen LogP contribution in [0.1, 0.15) is 35.1 Å². The Morgan fingerprint density at radius 2 is 1.68 bits per heavy atom. The molecule has 0 saturated carbocycles. The van der Waals surface area contributed by atoms with Gasteiger partial charge in [-0.25, -0.2) is 0 Å². The molecule has 0 bridgehead atoms. The van der Waals surface area contributed by atoms with Gasteiger partial charge in [0.2, 0.25) is 0 Å². The van der Waals surface area contributed by atoms with Crippen molar-refractivity contribution in [3.8, 4) is 5.75 Å². The highest BCUT2D eigenvalue weighted by molar-refractivity contribution is 5.78. The number of hydrogen-bond donors (Lipinski definition) is 0. The molecule has 2 aromatic rings. The maximum absolute atomic E-state index is 11.8. The molecule has 0 radical (unpaired) electrons. The standard InChI is InChI=1S/C19H22O3/c1-13-10-17(22-12-16-8-6-5-7-9-16)11-14(2)18(13)15(3)19(20)21-4/h5-11,15H,12H2,1-4H3. The van der Waals surface area contributed by atoms with E-state index in [2.05, 4.69) is 0 Å². The molecule has 0 N–H and O–H groups in total. The lowest BCUT2D eigenvalue weighted by Crippen LogP contribution is -2.13. The Hall–Kier alpha value is -2.29. The first kappa shape index (κ1) is 16.1. The van der Waals surface area contributed by atoms with Crippen LogP contribution in [0.15, 0.2) is 42.5 Å². The van der Waals surface area contributed by atoms with Gasteiger partial charge in [-0.3, -0.25) is 4.79 Å². The van der Waals surface area contributed by atoms with Gasteiger partial charge in [-0.05, 0) is 55.2 Å². The summed E-state index contributed by atoms with van der Waals surface area (Å²) in [5, 5.41) is 0. The van der Waals surface area contributed by atoms with Crippen molar-refractivity contribution in [2.24, 2.45) is 0 Å². The molecule has 0 saturated heterocycles. The van der Waals surface area contributed by atoms with Gasteiger partial charge >= 0.3 is 5.97 Å². The summed E-state index contributed by atoms with van der Waals surface area (Å²) in [6, 6.07) is 14.0. The lowest BCUT2D eigenvalue weighted by molar-refractivity contribution is -0.142. The fourth-order valence-electron chi connectivity index (χ4n) is 2.74. The summed E-state index contributed by atoms with van der Waals surface area (Å²) >= 11 is 0. The van der Waals surface area contributed by atoms with Crippen LogP contribution in [-0.2, 0) is 16.1 Å². The lowest BCUT2D eigenvalue weighted by Gasteiger charge is -2.17. The number of ether oxygens (including phenoxy) is 2. The van der Waals surface area contributed by atoms with Crippen LogP contribution in [-0.4, -0.2) is 13.1 Å². The van der Waals surface area contributed by atoms with E-state index in [0.29, 0.717) is 6.61 Å². The molecule has 116 valence electrons. The number of carbonyl (C=O) groups excluding carboxylic acids is 1. The average Bonchev–Trinajstić information content (AvgIpc) is 2.52. The molecule has 2 rings (SSSR count). The SMILES string of the molecule is COC(=O)C(C)c1c(C)cc(OCc2ccccc2)cc1C. The Morgan fingerprint density at radius 3 is 2.23 bits per heavy atom. The third-order valence-electron chi connectivity index (χ3n) is 3.80. The van der Waals surface area contributed by atoms with E-state index in [1.165, 1.54) is 7.11 Å². The molecule has 0 fully saturated rings. The fraction of sp³-hybridized carbons (Fsp3) is 0.316. The van der Waals surface area contributed by atoms with E-state index in [9.17, 15) is 4.79 Å². The number of hydrogen-bond acceptors (Lipinski definition) is 3. The molecule has 2 aromatic carbocycles. The number of benzene rings is 2. The Balaban J connectivity index is 2.17. The highest BCUT2D eigenvalue weighted by Gasteiger charge is 2.20. The highest BCUT2D eigenvalue weighted by atomic mass is 16.5. The molecule has 0 amide bonds. The minimum absolute atomic E-state index is 0.218. The molecule has 0 aliphatic heterocycles. The Bertz CT molecular complexity index is 624. The fourth-order valence-corrected chi connectivity index (χ4v) is 2.74. The predicted molar refractivity (Wildman–Crippen MR) is 87.1 cm³/mol. The molecule has 22 heavy (non-hydrogen) atoms. The smallest absolute Gasteiger partial charge is 0.312 e. The van der Waals surface area contributed by atoms with Gasteiger partial charge in [0.25, 0.3) is 0 Å². The number of carbonyl (C=O) groups is 1. The lowest BCUT2D eigenvalue weighted by atomic mass is 9.92. The summed E-state index contributed by atoms with van der Waals surface area (Å²) in [6.45, 7) is 6.39. The molecule has 1 unspecified atom stereocenters. The van der Waals surface area contributed by atoms with E-state index < -0.39 is 0 Å². The molecular weight excluding hydrogens is 276 g/mol. The van der Waals surface area contributed by atoms with Crippen LogP contribution in [0.4, 0.5) is 0 Å². The Kier molecular flexibility index (Phi) is 5.21. The minimum Gasteiger partial charge on any atom is -0.489 e. The molecule has 0 aliphatic carbocycles. The largest absolute Gasteiger partial charge is 0.489 e. The Labute approximate surface area is 131 Å². The van der Waals surface area contributed by atoms with E-state index in [1.807, 2.05) is 63.2 Å². The van der Waals surface area contributed by atoms with Crippen LogP contribution >= 0.6 is 0 Å². The minimum atomic E-state index is -0.270. The van der Waals surface area contributed by atoms with Gasteiger partial charge in [0.15, 0.2) is 0 Å². The summed E-state index contributed by atoms with van der Waals surface area (Å²) in [4.78, 5) is 11.8. The summed E-state index contributed by atoms with van der Waals surface area (Å²) in [6.07, 6.45) is 0. The second-order valence-corrected chi connectivity index (χ2v) is 5.49. The summed E-state index contributed by atoms with van der Waals surface area (Å²) in [5.41, 5.74) is 4.23. The van der Waals surface area contributed by atoms with Crippen LogP contribution in [0.25, 0.3) is 0 Å². The molecule has 0 aliphatic rings. The molecule has 0 aromatic heterocycles. The van der Waals surface area contributed by atoms with Crippen LogP contribution in [0, 0.1) is 13.8 Å². The van der Waals surface area contributed by atoms with Crippen molar-refractivity contribution in [1.29, 1.82) is 0 Å². The maximum atomic E-state index is 11.8. The molecule has 0 heterocycles. The molecule has 1 atom stereocenters. The van der Waals surface area contributed by atoms with E-state index in [1.54, 1.807) is 0 Å². The van der Waals surface area contributed by atoms with Crippen LogP contribution in [0.3, 0.4) is 0 Å². The normalized spacial score (nSPS) is 11.8. The van der Waals surface area contributed by atoms with Crippen LogP contribution < -0.4 is 4.74 Å². The molecule has 3 heteroatoms. The van der Waals surface area contributed by atoms with Crippen LogP contribution in [0.5, 0.6) is 5.75 Å². The second-order valence-electron chi connectivity index (χ2n) is 5.49. The first-order valence-corrected chi connectivity index (χ1v) is 7.38. The third-order valence-corrected chi connectivity index (χ3v) is 3.80. The van der Waals surface area contributed by atoms with Crippen molar-refractivity contribution in [3.05, 3.63) is 64.7 Å². The predicted octanol–water partition coefficient (Wildman–Crippen LogP) is 4.16. The van der Waals surface area contributed by atoms with Crippen molar-refractivity contribution in [2.45, 2.75) is 33.3 Å². The van der Waals surface area contributed by atoms with Crippen molar-refractivity contribution in [2.75, 3.05) is 7.11 Å². The second kappa shape index (κ2) is 7.12. The topological polar surface area (TPSA) is 35.5 Å². The van der Waals surface area contributed by atoms with Crippen molar-refractivity contribution in [3.63, 3.8) is 0 Å². The van der Waals surface area contributed by atoms with Gasteiger partial charge in [0.05, 0.1) is 13.0 Å². The summed E-state index contributed by atoms with van der Waals surface area (Å²) in [7, 11) is 1.42. The van der Waals surface area contributed by atoms with Gasteiger partial charge < -0.3 is 9.47 Å². The molecule has 3 nitrogen and oxygen atoms in total. The van der Waals surface area contributed by atoms with Gasteiger partial charge in [0, 0.05) is 0 Å². The Morgan fingerprint density at radius 1 is 1.09 bits per heavy atom. The quantitative estimate of drug-likeness (QED) is 0.778. The van der Waals surface area contributed by atoms with Gasteiger partial charge in [-0.1, -0.05) is 30.3 Å². The number of aryl methyl sites for hydroxylation is 2.